The fraction of sp³-hybridized carbons (Fsp3) is 0.292. The van der Waals surface area contributed by atoms with Gasteiger partial charge in [-0.3, -0.25) is 9.59 Å². The zero-order chi connectivity index (χ0) is 22.4. The topological polar surface area (TPSA) is 105 Å². The minimum atomic E-state index is -0.980. The third-order valence-corrected chi connectivity index (χ3v) is 5.21. The molecule has 0 saturated heterocycles. The molecule has 0 fully saturated rings. The van der Waals surface area contributed by atoms with Crippen molar-refractivity contribution in [1.82, 2.24) is 10.6 Å². The number of carbonyl (C=O) groups is 3. The second-order valence-corrected chi connectivity index (χ2v) is 7.57. The number of hydrogen-bond acceptors (Lipinski definition) is 4. The number of carboxylic acid groups (broad SMARTS) is 1. The van der Waals surface area contributed by atoms with Crippen LogP contribution in [0.3, 0.4) is 0 Å². The molecule has 7 nitrogen and oxygen atoms in total. The van der Waals surface area contributed by atoms with E-state index in [1.54, 1.807) is 19.9 Å². The largest absolute Gasteiger partial charge is 0.481 e. The van der Waals surface area contributed by atoms with Crippen molar-refractivity contribution in [2.24, 2.45) is 0 Å². The number of nitrogens with one attached hydrogen (secondary N) is 2. The number of benzene rings is 2. The van der Waals surface area contributed by atoms with Crippen LogP contribution in [0.4, 0.5) is 4.79 Å². The monoisotopic (exact) mass is 422 g/mol. The Bertz CT molecular complexity index is 969. The van der Waals surface area contributed by atoms with E-state index in [1.165, 1.54) is 0 Å². The quantitative estimate of drug-likeness (QED) is 0.565. The summed E-state index contributed by atoms with van der Waals surface area (Å²) in [5.41, 5.74) is 4.98. The molecule has 31 heavy (non-hydrogen) atoms. The summed E-state index contributed by atoms with van der Waals surface area (Å²) in [7, 11) is 0. The van der Waals surface area contributed by atoms with Gasteiger partial charge in [-0.25, -0.2) is 4.79 Å². The van der Waals surface area contributed by atoms with Gasteiger partial charge < -0.3 is 20.5 Å². The van der Waals surface area contributed by atoms with Gasteiger partial charge in [-0.1, -0.05) is 54.6 Å². The van der Waals surface area contributed by atoms with E-state index in [-0.39, 0.29) is 31.4 Å². The molecular weight excluding hydrogens is 396 g/mol. The Labute approximate surface area is 181 Å². The van der Waals surface area contributed by atoms with Gasteiger partial charge in [-0.2, -0.15) is 0 Å². The molecule has 0 heterocycles. The number of rotatable bonds is 8. The van der Waals surface area contributed by atoms with Gasteiger partial charge in [0.05, 0.1) is 6.42 Å². The maximum Gasteiger partial charge on any atom is 0.407 e. The van der Waals surface area contributed by atoms with Crippen LogP contribution in [0, 0.1) is 0 Å². The molecule has 7 heteroatoms. The van der Waals surface area contributed by atoms with E-state index in [0.717, 1.165) is 22.3 Å². The van der Waals surface area contributed by atoms with Crippen LogP contribution in [0.2, 0.25) is 0 Å². The van der Waals surface area contributed by atoms with Crippen LogP contribution in [-0.2, 0) is 14.3 Å². The van der Waals surface area contributed by atoms with Crippen LogP contribution in [0.15, 0.2) is 60.2 Å². The van der Waals surface area contributed by atoms with Crippen LogP contribution in [0.25, 0.3) is 11.1 Å². The van der Waals surface area contributed by atoms with Crippen LogP contribution in [0.5, 0.6) is 0 Å². The summed E-state index contributed by atoms with van der Waals surface area (Å²) in [6.45, 7) is 3.56. The third kappa shape index (κ3) is 5.51. The Morgan fingerprint density at radius 2 is 1.65 bits per heavy atom. The van der Waals surface area contributed by atoms with E-state index < -0.39 is 18.1 Å². The lowest BCUT2D eigenvalue weighted by Gasteiger charge is -2.14. The smallest absolute Gasteiger partial charge is 0.407 e. The number of ether oxygens (including phenoxy) is 1. The van der Waals surface area contributed by atoms with Crippen molar-refractivity contribution < 1.29 is 24.2 Å². The highest BCUT2D eigenvalue weighted by atomic mass is 16.5. The molecule has 0 bridgehead atoms. The fourth-order valence-electron chi connectivity index (χ4n) is 3.68. The van der Waals surface area contributed by atoms with Gasteiger partial charge in [-0.15, -0.1) is 0 Å². The lowest BCUT2D eigenvalue weighted by Crippen LogP contribution is -2.35. The molecule has 0 aliphatic heterocycles. The first-order chi connectivity index (χ1) is 14.9. The second kappa shape index (κ2) is 9.93. The SMILES string of the molecule is C/C(=C\CNC(=O)OCC1c2ccccc2-c2ccccc21)C(=O)N[C@H](C)CC(=O)O. The molecule has 0 radical (unpaired) electrons. The van der Waals surface area contributed by atoms with Gasteiger partial charge in [0.1, 0.15) is 6.61 Å². The summed E-state index contributed by atoms with van der Waals surface area (Å²) >= 11 is 0. The summed E-state index contributed by atoms with van der Waals surface area (Å²) < 4.78 is 5.45. The van der Waals surface area contributed by atoms with Crippen molar-refractivity contribution in [3.05, 3.63) is 71.3 Å². The van der Waals surface area contributed by atoms with Gasteiger partial charge in [0.15, 0.2) is 0 Å². The van der Waals surface area contributed by atoms with Crippen molar-refractivity contribution >= 4 is 18.0 Å². The average Bonchev–Trinajstić information content (AvgIpc) is 3.05. The standard InChI is InChI=1S/C24H26N2O5/c1-15(23(29)26-16(2)13-22(27)28)11-12-25-24(30)31-14-21-19-9-5-3-7-17(19)18-8-4-6-10-20(18)21/h3-11,16,21H,12-14H2,1-2H3,(H,25,30)(H,26,29)(H,27,28)/b15-11+/t16-/m1/s1. The number of carbonyl (C=O) groups excluding carboxylic acids is 2. The Kier molecular flexibility index (Phi) is 7.07. The fourth-order valence-corrected chi connectivity index (χ4v) is 3.68. The van der Waals surface area contributed by atoms with E-state index in [9.17, 15) is 14.4 Å². The Morgan fingerprint density at radius 3 is 2.23 bits per heavy atom. The molecule has 1 aliphatic carbocycles. The van der Waals surface area contributed by atoms with E-state index in [1.807, 2.05) is 24.3 Å². The summed E-state index contributed by atoms with van der Waals surface area (Å²) in [5.74, 6) is -1.37. The highest BCUT2D eigenvalue weighted by Gasteiger charge is 2.28. The molecule has 0 saturated carbocycles. The maximum absolute atomic E-state index is 12.1. The van der Waals surface area contributed by atoms with Crippen molar-refractivity contribution in [1.29, 1.82) is 0 Å². The zero-order valence-corrected chi connectivity index (χ0v) is 17.6. The molecule has 1 aliphatic rings. The van der Waals surface area contributed by atoms with Crippen molar-refractivity contribution in [3.8, 4) is 11.1 Å². The first-order valence-electron chi connectivity index (χ1n) is 10.1. The molecule has 2 amide bonds. The lowest BCUT2D eigenvalue weighted by atomic mass is 9.98. The molecular formula is C24H26N2O5. The van der Waals surface area contributed by atoms with Gasteiger partial charge in [-0.05, 0) is 36.1 Å². The maximum atomic E-state index is 12.1. The molecule has 2 aromatic rings. The minimum Gasteiger partial charge on any atom is -0.481 e. The second-order valence-electron chi connectivity index (χ2n) is 7.57. The highest BCUT2D eigenvalue weighted by Crippen LogP contribution is 2.44. The number of fused-ring (bicyclic) bond motifs is 3. The van der Waals surface area contributed by atoms with Gasteiger partial charge in [0.2, 0.25) is 5.91 Å². The number of carboxylic acids is 1. The Hall–Kier alpha value is -3.61. The predicted octanol–water partition coefficient (Wildman–Crippen LogP) is 3.45. The van der Waals surface area contributed by atoms with E-state index >= 15 is 0 Å². The Balaban J connectivity index is 1.50. The number of aliphatic carboxylic acids is 1. The van der Waals surface area contributed by atoms with E-state index in [4.69, 9.17) is 9.84 Å². The Morgan fingerprint density at radius 1 is 1.06 bits per heavy atom. The van der Waals surface area contributed by atoms with Gasteiger partial charge >= 0.3 is 12.1 Å². The normalized spacial score (nSPS) is 13.7. The molecule has 2 aromatic carbocycles. The van der Waals surface area contributed by atoms with E-state index in [0.29, 0.717) is 5.57 Å². The average molecular weight is 422 g/mol. The van der Waals surface area contributed by atoms with Crippen LogP contribution >= 0.6 is 0 Å². The lowest BCUT2D eigenvalue weighted by molar-refractivity contribution is -0.137. The van der Waals surface area contributed by atoms with Crippen LogP contribution < -0.4 is 10.6 Å². The van der Waals surface area contributed by atoms with Crippen molar-refractivity contribution in [3.63, 3.8) is 0 Å². The summed E-state index contributed by atoms with van der Waals surface area (Å²) in [4.78, 5) is 34.8. The molecule has 0 aromatic heterocycles. The van der Waals surface area contributed by atoms with E-state index in [2.05, 4.69) is 34.9 Å². The summed E-state index contributed by atoms with van der Waals surface area (Å²) in [6, 6.07) is 15.7. The first-order valence-corrected chi connectivity index (χ1v) is 10.1. The molecule has 162 valence electrons. The van der Waals surface area contributed by atoms with Crippen LogP contribution in [0.1, 0.15) is 37.3 Å². The number of hydrogen-bond donors (Lipinski definition) is 3. The van der Waals surface area contributed by atoms with Crippen molar-refractivity contribution in [2.75, 3.05) is 13.2 Å². The zero-order valence-electron chi connectivity index (χ0n) is 17.6. The van der Waals surface area contributed by atoms with Gasteiger partial charge in [0.25, 0.3) is 0 Å². The minimum absolute atomic E-state index is 0.0167. The van der Waals surface area contributed by atoms with Crippen LogP contribution in [-0.4, -0.2) is 42.3 Å². The molecule has 3 rings (SSSR count). The molecule has 3 N–H and O–H groups in total. The third-order valence-electron chi connectivity index (χ3n) is 5.21. The van der Waals surface area contributed by atoms with Gasteiger partial charge in [0, 0.05) is 24.1 Å². The first kappa shape index (κ1) is 22.1. The van der Waals surface area contributed by atoms with Crippen molar-refractivity contribution in [2.45, 2.75) is 32.2 Å². The molecule has 0 unspecified atom stereocenters. The molecule has 1 atom stereocenters. The molecule has 0 spiro atoms. The summed E-state index contributed by atoms with van der Waals surface area (Å²) in [6.07, 6.45) is 0.840. The summed E-state index contributed by atoms with van der Waals surface area (Å²) in [5, 5.41) is 14.0. The number of amides is 2. The highest BCUT2D eigenvalue weighted by molar-refractivity contribution is 5.93. The predicted molar refractivity (Wildman–Crippen MR) is 117 cm³/mol. The number of alkyl carbamates (subject to hydrolysis) is 1.